The molecule has 0 rings (SSSR count). The Morgan fingerprint density at radius 1 is 1.69 bits per heavy atom. The minimum atomic E-state index is -3.25. The molecule has 0 amide bonds. The summed E-state index contributed by atoms with van der Waals surface area (Å²) >= 11 is 3.76. The highest BCUT2D eigenvalue weighted by Crippen LogP contribution is 2.09. The number of hydrogen-bond acceptors (Lipinski definition) is 6. The molecule has 0 bridgehead atoms. The molecule has 0 aliphatic carbocycles. The van der Waals surface area contributed by atoms with Crippen LogP contribution in [-0.2, 0) is 13.7 Å². The normalized spacial score (nSPS) is 14.0. The van der Waals surface area contributed by atoms with Gasteiger partial charge in [0.1, 0.15) is 6.04 Å². The molecule has 0 spiro atoms. The molecule has 0 radical (unpaired) electrons. The van der Waals surface area contributed by atoms with Gasteiger partial charge >= 0.3 is 5.97 Å². The topological polar surface area (TPSA) is 83.5 Å². The molecule has 1 atom stereocenters. The Labute approximate surface area is 86.1 Å². The quantitative estimate of drug-likeness (QED) is 0.346. The molecule has 0 aliphatic heterocycles. The lowest BCUT2D eigenvalue weighted by molar-refractivity contribution is -0.138. The summed E-state index contributed by atoms with van der Waals surface area (Å²) in [6, 6.07) is -0.949. The average molecular weight is 245 g/mol. The van der Waals surface area contributed by atoms with E-state index in [0.717, 1.165) is 0 Å². The number of thiol groups is 1. The number of carboxylic acid groups (broad SMARTS) is 1. The first kappa shape index (κ1) is 13.1. The van der Waals surface area contributed by atoms with Gasteiger partial charge < -0.3 is 5.11 Å². The lowest BCUT2D eigenvalue weighted by atomic mass is 10.4. The highest BCUT2D eigenvalue weighted by Gasteiger charge is 2.18. The summed E-state index contributed by atoms with van der Waals surface area (Å²) in [5.74, 6) is -1.11. The zero-order valence-electron chi connectivity index (χ0n) is 6.93. The Morgan fingerprint density at radius 2 is 2.23 bits per heavy atom. The maximum Gasteiger partial charge on any atom is 0.322 e. The van der Waals surface area contributed by atoms with Gasteiger partial charge in [-0.3, -0.25) is 4.79 Å². The van der Waals surface area contributed by atoms with Crippen molar-refractivity contribution in [2.24, 2.45) is 0 Å². The van der Waals surface area contributed by atoms with Crippen LogP contribution in [0.25, 0.3) is 0 Å². The second kappa shape index (κ2) is 5.74. The molecular formula is C5H11NO4S3. The van der Waals surface area contributed by atoms with Gasteiger partial charge in [-0.25, -0.2) is 13.1 Å². The lowest BCUT2D eigenvalue weighted by Gasteiger charge is -2.09. The van der Waals surface area contributed by atoms with Crippen molar-refractivity contribution in [3.63, 3.8) is 0 Å². The predicted molar refractivity (Wildman–Crippen MR) is 55.5 cm³/mol. The van der Waals surface area contributed by atoms with E-state index in [9.17, 15) is 13.2 Å². The minimum absolute atomic E-state index is 0.0381. The van der Waals surface area contributed by atoms with Crippen LogP contribution in [-0.4, -0.2) is 37.0 Å². The zero-order chi connectivity index (χ0) is 10.5. The molecule has 8 heteroatoms. The molecule has 0 saturated carbocycles. The molecule has 0 saturated heterocycles. The Hall–Kier alpha value is 0.0800. The van der Waals surface area contributed by atoms with E-state index in [1.807, 2.05) is 0 Å². The van der Waals surface area contributed by atoms with Crippen LogP contribution in [0.3, 0.4) is 0 Å². The molecule has 0 aromatic rings. The smallest absolute Gasteiger partial charge is 0.322 e. The first-order valence-corrected chi connectivity index (χ1v) is 7.05. The number of carboxylic acids is 1. The Balaban J connectivity index is 4.07. The van der Waals surface area contributed by atoms with Crippen LogP contribution >= 0.6 is 23.6 Å². The van der Waals surface area contributed by atoms with E-state index >= 15 is 0 Å². The maximum atomic E-state index is 10.9. The summed E-state index contributed by atoms with van der Waals surface area (Å²) in [7, 11) is -2.82. The summed E-state index contributed by atoms with van der Waals surface area (Å²) in [5, 5.41) is 8.52. The van der Waals surface area contributed by atoms with Gasteiger partial charge in [-0.05, 0) is 0 Å². The molecule has 2 N–H and O–H groups in total. The van der Waals surface area contributed by atoms with E-state index in [-0.39, 0.29) is 11.5 Å². The third-order valence-electron chi connectivity index (χ3n) is 1.15. The summed E-state index contributed by atoms with van der Waals surface area (Å²) in [6.07, 6.45) is 0. The molecule has 0 fully saturated rings. The fourth-order valence-corrected chi connectivity index (χ4v) is 2.43. The van der Waals surface area contributed by atoms with Gasteiger partial charge in [0.25, 0.3) is 0 Å². The fourth-order valence-electron chi connectivity index (χ4n) is 0.356. The van der Waals surface area contributed by atoms with E-state index in [1.165, 1.54) is 6.92 Å². The first-order chi connectivity index (χ1) is 5.93. The van der Waals surface area contributed by atoms with Gasteiger partial charge in [-0.1, -0.05) is 6.92 Å². The van der Waals surface area contributed by atoms with E-state index < -0.39 is 20.9 Å². The van der Waals surface area contributed by atoms with Crippen LogP contribution in [0.15, 0.2) is 0 Å². The van der Waals surface area contributed by atoms with Crippen LogP contribution in [0.1, 0.15) is 6.92 Å². The van der Waals surface area contributed by atoms with Gasteiger partial charge in [0.05, 0.1) is 16.7 Å². The van der Waals surface area contributed by atoms with Gasteiger partial charge in [0.2, 0.25) is 8.87 Å². The maximum absolute atomic E-state index is 10.9. The number of carbonyl (C=O) groups is 1. The van der Waals surface area contributed by atoms with Crippen LogP contribution in [0, 0.1) is 0 Å². The number of hydrogen-bond donors (Lipinski definition) is 3. The van der Waals surface area contributed by atoms with Crippen molar-refractivity contribution in [1.82, 2.24) is 4.72 Å². The second-order valence-corrected chi connectivity index (χ2v) is 6.60. The van der Waals surface area contributed by atoms with Gasteiger partial charge in [0.15, 0.2) is 0 Å². The average Bonchev–Trinajstić information content (AvgIpc) is 2.05. The van der Waals surface area contributed by atoms with Crippen LogP contribution < -0.4 is 4.72 Å². The van der Waals surface area contributed by atoms with E-state index in [1.54, 1.807) is 0 Å². The van der Waals surface area contributed by atoms with Crippen molar-refractivity contribution >= 4 is 38.4 Å². The van der Waals surface area contributed by atoms with Crippen molar-refractivity contribution < 1.29 is 18.3 Å². The third kappa shape index (κ3) is 5.40. The van der Waals surface area contributed by atoms with Gasteiger partial charge in [-0.15, -0.1) is 0 Å². The Bertz CT molecular complexity index is 263. The zero-order valence-corrected chi connectivity index (χ0v) is 9.45. The Morgan fingerprint density at radius 3 is 2.54 bits per heavy atom. The first-order valence-electron chi connectivity index (χ1n) is 3.43. The molecule has 13 heavy (non-hydrogen) atoms. The largest absolute Gasteiger partial charge is 0.480 e. The lowest BCUT2D eigenvalue weighted by Crippen LogP contribution is -2.34. The van der Waals surface area contributed by atoms with Crippen molar-refractivity contribution in [3.05, 3.63) is 0 Å². The second-order valence-electron chi connectivity index (χ2n) is 2.12. The van der Waals surface area contributed by atoms with E-state index in [2.05, 4.69) is 17.4 Å². The standard InChI is InChI=1S/C5H11NO4S3/c1-2-13(9,10)12-6-4(3-11)5(7)8/h4,6,11H,2-3H2,1H3,(H,7,8). The van der Waals surface area contributed by atoms with Gasteiger partial charge in [-0.2, -0.15) is 12.6 Å². The van der Waals surface area contributed by atoms with Crippen molar-refractivity contribution in [2.45, 2.75) is 13.0 Å². The highest BCUT2D eigenvalue weighted by molar-refractivity contribution is 8.71. The number of rotatable bonds is 6. The van der Waals surface area contributed by atoms with Gasteiger partial charge in [0, 0.05) is 5.75 Å². The van der Waals surface area contributed by atoms with E-state index in [4.69, 9.17) is 5.11 Å². The molecular weight excluding hydrogens is 234 g/mol. The molecule has 0 aromatic carbocycles. The number of nitrogens with one attached hydrogen (secondary N) is 1. The molecule has 0 aliphatic rings. The highest BCUT2D eigenvalue weighted by atomic mass is 33.1. The van der Waals surface area contributed by atoms with Crippen molar-refractivity contribution in [2.75, 3.05) is 11.5 Å². The van der Waals surface area contributed by atoms with Crippen molar-refractivity contribution in [3.8, 4) is 0 Å². The van der Waals surface area contributed by atoms with Crippen LogP contribution in [0.5, 0.6) is 0 Å². The van der Waals surface area contributed by atoms with E-state index in [0.29, 0.717) is 11.0 Å². The third-order valence-corrected chi connectivity index (χ3v) is 4.62. The Kier molecular flexibility index (Phi) is 5.77. The molecule has 78 valence electrons. The van der Waals surface area contributed by atoms with Crippen LogP contribution in [0.2, 0.25) is 0 Å². The molecule has 1 unspecified atom stereocenters. The minimum Gasteiger partial charge on any atom is -0.480 e. The predicted octanol–water partition coefficient (Wildman–Crippen LogP) is -0.0431. The van der Waals surface area contributed by atoms with Crippen molar-refractivity contribution in [1.29, 1.82) is 0 Å². The monoisotopic (exact) mass is 245 g/mol. The van der Waals surface area contributed by atoms with Crippen LogP contribution in [0.4, 0.5) is 0 Å². The number of aliphatic carboxylic acids is 1. The fraction of sp³-hybridized carbons (Fsp3) is 0.800. The summed E-state index contributed by atoms with van der Waals surface area (Å²) in [4.78, 5) is 10.4. The molecule has 0 aromatic heterocycles. The summed E-state index contributed by atoms with van der Waals surface area (Å²) < 4.78 is 24.2. The summed E-state index contributed by atoms with van der Waals surface area (Å²) in [5.41, 5.74) is 0. The molecule has 0 heterocycles. The SMILES string of the molecule is CCS(=O)(=O)SNC(CS)C(=O)O. The molecule has 5 nitrogen and oxygen atoms in total. The summed E-state index contributed by atoms with van der Waals surface area (Å²) in [6.45, 7) is 1.49.